The van der Waals surface area contributed by atoms with Crippen LogP contribution >= 0.6 is 24.0 Å². The number of guanidine groups is 1. The third-order valence-electron chi connectivity index (χ3n) is 4.84. The van der Waals surface area contributed by atoms with Crippen molar-refractivity contribution in [2.24, 2.45) is 4.99 Å². The Bertz CT molecular complexity index is 807. The van der Waals surface area contributed by atoms with Crippen molar-refractivity contribution in [3.63, 3.8) is 0 Å². The van der Waals surface area contributed by atoms with Crippen molar-refractivity contribution in [3.8, 4) is 5.75 Å². The van der Waals surface area contributed by atoms with Gasteiger partial charge in [0.2, 0.25) is 0 Å². The molecule has 1 fully saturated rings. The summed E-state index contributed by atoms with van der Waals surface area (Å²) in [5.74, 6) is 1.82. The van der Waals surface area contributed by atoms with Gasteiger partial charge in [-0.1, -0.05) is 30.3 Å². The third kappa shape index (κ3) is 7.08. The molecule has 0 radical (unpaired) electrons. The first-order valence-corrected chi connectivity index (χ1v) is 9.79. The Morgan fingerprint density at radius 2 is 1.77 bits per heavy atom. The highest BCUT2D eigenvalue weighted by molar-refractivity contribution is 14.0. The number of benzene rings is 2. The Morgan fingerprint density at radius 3 is 2.37 bits per heavy atom. The lowest BCUT2D eigenvalue weighted by molar-refractivity contribution is 0.129. The molecule has 7 nitrogen and oxygen atoms in total. The number of piperidine rings is 1. The highest BCUT2D eigenvalue weighted by Crippen LogP contribution is 2.19. The number of carbonyl (C=O) groups is 1. The predicted molar refractivity (Wildman–Crippen MR) is 130 cm³/mol. The standard InChI is InChI=1S/C22H28N4O3.HI/c1-23-21(24-16-17-8-10-18(11-9-17)25-22(27)28-2)26-14-12-20(13-15-26)29-19-6-4-3-5-7-19;/h3-11,20H,12-16H2,1-2H3,(H,23,24)(H,25,27);1H. The highest BCUT2D eigenvalue weighted by Gasteiger charge is 2.22. The quantitative estimate of drug-likeness (QED) is 0.350. The molecule has 0 aromatic heterocycles. The number of halogens is 1. The van der Waals surface area contributed by atoms with Gasteiger partial charge >= 0.3 is 6.09 Å². The van der Waals surface area contributed by atoms with Gasteiger partial charge in [-0.15, -0.1) is 24.0 Å². The number of methoxy groups -OCH3 is 1. The molecule has 3 rings (SSSR count). The first-order valence-electron chi connectivity index (χ1n) is 9.79. The van der Waals surface area contributed by atoms with Crippen molar-refractivity contribution in [1.82, 2.24) is 10.2 Å². The van der Waals surface area contributed by atoms with Crippen molar-refractivity contribution in [2.45, 2.75) is 25.5 Å². The Hall–Kier alpha value is -2.49. The van der Waals surface area contributed by atoms with Crippen LogP contribution in [0.4, 0.5) is 10.5 Å². The van der Waals surface area contributed by atoms with Gasteiger partial charge in [-0.2, -0.15) is 0 Å². The SMILES string of the molecule is CN=C(NCc1ccc(NC(=O)OC)cc1)N1CCC(Oc2ccccc2)CC1.I. The zero-order valence-electron chi connectivity index (χ0n) is 17.3. The fraction of sp³-hybridized carbons (Fsp3) is 0.364. The molecule has 0 unspecified atom stereocenters. The number of para-hydroxylation sites is 1. The maximum Gasteiger partial charge on any atom is 0.411 e. The summed E-state index contributed by atoms with van der Waals surface area (Å²) in [7, 11) is 3.15. The highest BCUT2D eigenvalue weighted by atomic mass is 127. The fourth-order valence-electron chi connectivity index (χ4n) is 3.27. The number of nitrogens with one attached hydrogen (secondary N) is 2. The summed E-state index contributed by atoms with van der Waals surface area (Å²) in [6, 6.07) is 17.6. The monoisotopic (exact) mass is 524 g/mol. The lowest BCUT2D eigenvalue weighted by atomic mass is 10.1. The average Bonchev–Trinajstić information content (AvgIpc) is 2.77. The lowest BCUT2D eigenvalue weighted by Crippen LogP contribution is -2.47. The van der Waals surface area contributed by atoms with Crippen LogP contribution in [-0.2, 0) is 11.3 Å². The fourth-order valence-corrected chi connectivity index (χ4v) is 3.27. The van der Waals surface area contributed by atoms with Crippen LogP contribution in [0.25, 0.3) is 0 Å². The number of likely N-dealkylation sites (tertiary alicyclic amines) is 1. The van der Waals surface area contributed by atoms with Crippen LogP contribution in [0.1, 0.15) is 18.4 Å². The zero-order chi connectivity index (χ0) is 20.5. The topological polar surface area (TPSA) is 75.2 Å². The Morgan fingerprint density at radius 1 is 1.10 bits per heavy atom. The van der Waals surface area contributed by atoms with Crippen molar-refractivity contribution < 1.29 is 14.3 Å². The maximum absolute atomic E-state index is 11.2. The van der Waals surface area contributed by atoms with Crippen molar-refractivity contribution in [1.29, 1.82) is 0 Å². The average molecular weight is 524 g/mol. The van der Waals surface area contributed by atoms with Gasteiger partial charge in [-0.25, -0.2) is 4.79 Å². The molecule has 0 atom stereocenters. The summed E-state index contributed by atoms with van der Waals surface area (Å²) in [6.45, 7) is 2.46. The number of ether oxygens (including phenoxy) is 2. The minimum atomic E-state index is -0.476. The largest absolute Gasteiger partial charge is 0.490 e. The normalized spacial score (nSPS) is 14.5. The van der Waals surface area contributed by atoms with Crippen molar-refractivity contribution in [3.05, 3.63) is 60.2 Å². The maximum atomic E-state index is 11.2. The molecule has 1 saturated heterocycles. The van der Waals surface area contributed by atoms with Gasteiger partial charge in [0.05, 0.1) is 7.11 Å². The van der Waals surface area contributed by atoms with E-state index in [1.807, 2.05) is 54.6 Å². The molecule has 2 aromatic carbocycles. The Kier molecular flexibility index (Phi) is 9.72. The number of anilines is 1. The van der Waals surface area contributed by atoms with Crippen LogP contribution < -0.4 is 15.4 Å². The van der Waals surface area contributed by atoms with Crippen molar-refractivity contribution in [2.75, 3.05) is 32.6 Å². The molecule has 0 saturated carbocycles. The molecule has 0 bridgehead atoms. The number of hydrogen-bond donors (Lipinski definition) is 2. The molecule has 0 aliphatic carbocycles. The van der Waals surface area contributed by atoms with Gasteiger partial charge in [0.25, 0.3) is 0 Å². The molecule has 0 spiro atoms. The Labute approximate surface area is 194 Å². The summed E-state index contributed by atoms with van der Waals surface area (Å²) < 4.78 is 10.7. The van der Waals surface area contributed by atoms with E-state index in [2.05, 4.69) is 25.3 Å². The van der Waals surface area contributed by atoms with Crippen LogP contribution in [-0.4, -0.2) is 50.3 Å². The van der Waals surface area contributed by atoms with Crippen LogP contribution in [0.3, 0.4) is 0 Å². The first-order chi connectivity index (χ1) is 14.2. The third-order valence-corrected chi connectivity index (χ3v) is 4.84. The minimum Gasteiger partial charge on any atom is -0.490 e. The molecule has 2 aromatic rings. The number of hydrogen-bond acceptors (Lipinski definition) is 4. The van der Waals surface area contributed by atoms with Crippen LogP contribution in [0.15, 0.2) is 59.6 Å². The van der Waals surface area contributed by atoms with Gasteiger partial charge in [0, 0.05) is 45.2 Å². The van der Waals surface area contributed by atoms with E-state index in [1.54, 1.807) is 7.05 Å². The molecular weight excluding hydrogens is 495 g/mol. The number of carbonyl (C=O) groups excluding carboxylic acids is 1. The number of rotatable bonds is 5. The summed E-state index contributed by atoms with van der Waals surface area (Å²) in [4.78, 5) is 17.9. The van der Waals surface area contributed by atoms with Gasteiger partial charge in [0.1, 0.15) is 11.9 Å². The molecule has 1 aliphatic heterocycles. The molecule has 1 amide bonds. The summed E-state index contributed by atoms with van der Waals surface area (Å²) in [5.41, 5.74) is 1.80. The number of nitrogens with zero attached hydrogens (tertiary/aromatic N) is 2. The van der Waals surface area contributed by atoms with Crippen molar-refractivity contribution >= 4 is 41.7 Å². The van der Waals surface area contributed by atoms with Crippen LogP contribution in [0.2, 0.25) is 0 Å². The van der Waals surface area contributed by atoms with E-state index < -0.39 is 6.09 Å². The molecule has 30 heavy (non-hydrogen) atoms. The molecule has 1 heterocycles. The minimum absolute atomic E-state index is 0. The summed E-state index contributed by atoms with van der Waals surface area (Å²) in [6.07, 6.45) is 1.69. The molecular formula is C22H29IN4O3. The number of amides is 1. The van der Waals surface area contributed by atoms with E-state index in [1.165, 1.54) is 7.11 Å². The molecule has 2 N–H and O–H groups in total. The lowest BCUT2D eigenvalue weighted by Gasteiger charge is -2.34. The molecule has 8 heteroatoms. The van der Waals surface area contributed by atoms with E-state index in [4.69, 9.17) is 4.74 Å². The van der Waals surface area contributed by atoms with E-state index in [9.17, 15) is 4.79 Å². The zero-order valence-corrected chi connectivity index (χ0v) is 19.7. The first kappa shape index (κ1) is 23.8. The Balaban J connectivity index is 0.00000320. The van der Waals surface area contributed by atoms with Crippen LogP contribution in [0.5, 0.6) is 5.75 Å². The van der Waals surface area contributed by atoms with E-state index in [-0.39, 0.29) is 30.1 Å². The van der Waals surface area contributed by atoms with E-state index in [0.717, 1.165) is 43.2 Å². The van der Waals surface area contributed by atoms with Gasteiger partial charge in [-0.3, -0.25) is 10.3 Å². The second-order valence-electron chi connectivity index (χ2n) is 6.83. The number of aliphatic imine (C=N–C) groups is 1. The second-order valence-corrected chi connectivity index (χ2v) is 6.83. The van der Waals surface area contributed by atoms with E-state index in [0.29, 0.717) is 12.2 Å². The molecule has 1 aliphatic rings. The smallest absolute Gasteiger partial charge is 0.411 e. The summed E-state index contributed by atoms with van der Waals surface area (Å²) in [5, 5.41) is 6.06. The predicted octanol–water partition coefficient (Wildman–Crippen LogP) is 4.10. The van der Waals surface area contributed by atoms with Crippen LogP contribution in [0, 0.1) is 0 Å². The second kappa shape index (κ2) is 12.3. The van der Waals surface area contributed by atoms with Gasteiger partial charge in [0.15, 0.2) is 5.96 Å². The van der Waals surface area contributed by atoms with E-state index >= 15 is 0 Å². The molecule has 162 valence electrons. The van der Waals surface area contributed by atoms with Gasteiger partial charge < -0.3 is 19.7 Å². The summed E-state index contributed by atoms with van der Waals surface area (Å²) >= 11 is 0. The van der Waals surface area contributed by atoms with Gasteiger partial charge in [-0.05, 0) is 29.8 Å².